The lowest BCUT2D eigenvalue weighted by atomic mass is 10.2. The third-order valence-corrected chi connectivity index (χ3v) is 3.53. The molecule has 20 heavy (non-hydrogen) atoms. The lowest BCUT2D eigenvalue weighted by molar-refractivity contribution is -0.120. The number of nitrogens with two attached hydrogens (primary N) is 1. The molecule has 1 heterocycles. The summed E-state index contributed by atoms with van der Waals surface area (Å²) in [6, 6.07) is 7.82. The Kier molecular flexibility index (Phi) is 5.09. The van der Waals surface area contributed by atoms with Gasteiger partial charge in [0, 0.05) is 11.3 Å². The summed E-state index contributed by atoms with van der Waals surface area (Å²) in [7, 11) is 0. The van der Waals surface area contributed by atoms with Crippen LogP contribution in [0.2, 0.25) is 0 Å². The second-order valence-electron chi connectivity index (χ2n) is 4.16. The van der Waals surface area contributed by atoms with Crippen molar-refractivity contribution in [3.63, 3.8) is 0 Å². The van der Waals surface area contributed by atoms with Crippen molar-refractivity contribution in [3.8, 4) is 0 Å². The Morgan fingerprint density at radius 2 is 2.25 bits per heavy atom. The third kappa shape index (κ3) is 4.32. The minimum atomic E-state index is -0.437. The molecule has 0 fully saturated rings. The maximum atomic E-state index is 12.9. The predicted octanol–water partition coefficient (Wildman–Crippen LogP) is 2.67. The third-order valence-electron chi connectivity index (χ3n) is 2.59. The number of hydrogen-bond acceptors (Lipinski definition) is 4. The molecule has 0 saturated carbocycles. The predicted molar refractivity (Wildman–Crippen MR) is 78.3 cm³/mol. The zero-order valence-corrected chi connectivity index (χ0v) is 11.6. The van der Waals surface area contributed by atoms with Gasteiger partial charge in [-0.1, -0.05) is 6.07 Å². The second-order valence-corrected chi connectivity index (χ2v) is 5.19. The van der Waals surface area contributed by atoms with Crippen LogP contribution in [-0.4, -0.2) is 19.1 Å². The minimum Gasteiger partial charge on any atom is -0.397 e. The Balaban J connectivity index is 1.72. The average Bonchev–Trinajstić information content (AvgIpc) is 2.91. The van der Waals surface area contributed by atoms with E-state index in [-0.39, 0.29) is 18.2 Å². The van der Waals surface area contributed by atoms with Crippen molar-refractivity contribution in [1.29, 1.82) is 0 Å². The Labute approximate surface area is 120 Å². The van der Waals surface area contributed by atoms with E-state index in [0.717, 1.165) is 12.5 Å². The van der Waals surface area contributed by atoms with Gasteiger partial charge in [0.25, 0.3) is 0 Å². The van der Waals surface area contributed by atoms with E-state index in [1.807, 2.05) is 17.5 Å². The molecule has 6 heteroatoms. The molecule has 0 radical (unpaired) electrons. The quantitative estimate of drug-likeness (QED) is 0.636. The molecule has 1 aromatic carbocycles. The van der Waals surface area contributed by atoms with Crippen molar-refractivity contribution in [2.24, 2.45) is 0 Å². The largest absolute Gasteiger partial charge is 0.397 e. The fraction of sp³-hybridized carbons (Fsp3) is 0.214. The highest BCUT2D eigenvalue weighted by Crippen LogP contribution is 2.18. The molecule has 3 N–H and O–H groups in total. The highest BCUT2D eigenvalue weighted by molar-refractivity contribution is 7.09. The Bertz CT molecular complexity index is 573. The van der Waals surface area contributed by atoms with Gasteiger partial charge in [0.05, 0.1) is 18.0 Å². The molecule has 1 aromatic heterocycles. The number of hydrogen-bond donors (Lipinski definition) is 2. The molecule has 0 aliphatic rings. The minimum absolute atomic E-state index is 0.0534. The smallest absolute Gasteiger partial charge is 0.250 e. The molecule has 0 aliphatic carbocycles. The van der Waals surface area contributed by atoms with Gasteiger partial charge in [-0.3, -0.25) is 4.79 Å². The highest BCUT2D eigenvalue weighted by atomic mass is 32.1. The maximum Gasteiger partial charge on any atom is 0.250 e. The number of thiophene rings is 1. The summed E-state index contributed by atoms with van der Waals surface area (Å²) in [6.07, 6.45) is 0.781. The van der Waals surface area contributed by atoms with E-state index in [0.29, 0.717) is 12.3 Å². The molecule has 0 bridgehead atoms. The first-order valence-electron chi connectivity index (χ1n) is 6.10. The lowest BCUT2D eigenvalue weighted by Crippen LogP contribution is -2.19. The number of anilines is 2. The Hall–Kier alpha value is -1.92. The molecule has 0 atom stereocenters. The number of benzene rings is 1. The van der Waals surface area contributed by atoms with E-state index in [1.165, 1.54) is 17.0 Å². The van der Waals surface area contributed by atoms with Gasteiger partial charge in [-0.15, -0.1) is 11.3 Å². The van der Waals surface area contributed by atoms with Crippen molar-refractivity contribution in [2.45, 2.75) is 6.42 Å². The molecule has 0 unspecified atom stereocenters. The van der Waals surface area contributed by atoms with Crippen molar-refractivity contribution in [3.05, 3.63) is 46.4 Å². The summed E-state index contributed by atoms with van der Waals surface area (Å²) in [4.78, 5) is 12.8. The second kappa shape index (κ2) is 7.02. The summed E-state index contributed by atoms with van der Waals surface area (Å²) in [5.74, 6) is -0.748. The summed E-state index contributed by atoms with van der Waals surface area (Å²) in [6.45, 7) is 0.426. The van der Waals surface area contributed by atoms with Gasteiger partial charge in [-0.2, -0.15) is 0 Å². The van der Waals surface area contributed by atoms with Gasteiger partial charge >= 0.3 is 0 Å². The van der Waals surface area contributed by atoms with Crippen LogP contribution in [0.1, 0.15) is 4.88 Å². The standard InChI is InChI=1S/C14H15FN2O2S/c15-10-3-4-13(12(16)8-10)17-14(18)9-19-6-5-11-2-1-7-20-11/h1-4,7-8H,5-6,9,16H2,(H,17,18). The molecule has 1 amide bonds. The van der Waals surface area contributed by atoms with Crippen LogP contribution in [0.3, 0.4) is 0 Å². The molecule has 4 nitrogen and oxygen atoms in total. The fourth-order valence-corrected chi connectivity index (χ4v) is 2.32. The van der Waals surface area contributed by atoms with Gasteiger partial charge in [0.2, 0.25) is 5.91 Å². The summed E-state index contributed by atoms with van der Waals surface area (Å²) < 4.78 is 18.1. The molecule has 0 spiro atoms. The van der Waals surface area contributed by atoms with Gasteiger partial charge in [-0.25, -0.2) is 4.39 Å². The number of carbonyl (C=O) groups is 1. The van der Waals surface area contributed by atoms with Crippen LogP contribution in [0, 0.1) is 5.82 Å². The van der Waals surface area contributed by atoms with Gasteiger partial charge in [0.1, 0.15) is 12.4 Å². The first-order valence-corrected chi connectivity index (χ1v) is 6.98. The van der Waals surface area contributed by atoms with Gasteiger partial charge in [0.15, 0.2) is 0 Å². The molecule has 106 valence electrons. The Morgan fingerprint density at radius 1 is 1.40 bits per heavy atom. The number of nitrogens with one attached hydrogen (secondary N) is 1. The van der Waals surface area contributed by atoms with Crippen LogP contribution in [0.15, 0.2) is 35.7 Å². The summed E-state index contributed by atoms with van der Waals surface area (Å²) in [5.41, 5.74) is 6.17. The van der Waals surface area contributed by atoms with Gasteiger partial charge in [-0.05, 0) is 29.6 Å². The van der Waals surface area contributed by atoms with E-state index < -0.39 is 5.82 Å². The van der Waals surface area contributed by atoms with E-state index in [9.17, 15) is 9.18 Å². The van der Waals surface area contributed by atoms with Crippen molar-refractivity contribution in [2.75, 3.05) is 24.3 Å². The summed E-state index contributed by atoms with van der Waals surface area (Å²) >= 11 is 1.66. The van der Waals surface area contributed by atoms with Crippen LogP contribution in [0.4, 0.5) is 15.8 Å². The number of rotatable bonds is 6. The lowest BCUT2D eigenvalue weighted by Gasteiger charge is -2.08. The van der Waals surface area contributed by atoms with Crippen LogP contribution in [-0.2, 0) is 16.0 Å². The molecule has 0 saturated heterocycles. The zero-order valence-electron chi connectivity index (χ0n) is 10.8. The number of carbonyl (C=O) groups excluding carboxylic acids is 1. The molecule has 2 rings (SSSR count). The molecular formula is C14H15FN2O2S. The first-order chi connectivity index (χ1) is 9.65. The highest BCUT2D eigenvalue weighted by Gasteiger charge is 2.06. The van der Waals surface area contributed by atoms with E-state index in [2.05, 4.69) is 5.32 Å². The number of amides is 1. The zero-order chi connectivity index (χ0) is 14.4. The number of halogens is 1. The van der Waals surface area contributed by atoms with E-state index in [1.54, 1.807) is 11.3 Å². The first kappa shape index (κ1) is 14.5. The SMILES string of the molecule is Nc1cc(F)ccc1NC(=O)COCCc1cccs1. The number of nitrogen functional groups attached to an aromatic ring is 1. The van der Waals surface area contributed by atoms with Crippen molar-refractivity contribution in [1.82, 2.24) is 0 Å². The maximum absolute atomic E-state index is 12.9. The van der Waals surface area contributed by atoms with E-state index in [4.69, 9.17) is 10.5 Å². The van der Waals surface area contributed by atoms with Crippen LogP contribution in [0.25, 0.3) is 0 Å². The Morgan fingerprint density at radius 3 is 2.95 bits per heavy atom. The molecular weight excluding hydrogens is 279 g/mol. The van der Waals surface area contributed by atoms with E-state index >= 15 is 0 Å². The van der Waals surface area contributed by atoms with Crippen LogP contribution < -0.4 is 11.1 Å². The monoisotopic (exact) mass is 294 g/mol. The van der Waals surface area contributed by atoms with Crippen molar-refractivity contribution < 1.29 is 13.9 Å². The fourth-order valence-electron chi connectivity index (χ4n) is 1.63. The topological polar surface area (TPSA) is 64.3 Å². The van der Waals surface area contributed by atoms with Crippen molar-refractivity contribution >= 4 is 28.6 Å². The normalized spacial score (nSPS) is 10.4. The average molecular weight is 294 g/mol. The molecule has 0 aliphatic heterocycles. The van der Waals surface area contributed by atoms with Crippen LogP contribution >= 0.6 is 11.3 Å². The number of ether oxygens (including phenoxy) is 1. The summed E-state index contributed by atoms with van der Waals surface area (Å²) in [5, 5.41) is 4.58. The van der Waals surface area contributed by atoms with Crippen LogP contribution in [0.5, 0.6) is 0 Å². The molecule has 2 aromatic rings. The van der Waals surface area contributed by atoms with Gasteiger partial charge < -0.3 is 15.8 Å².